The number of fused-ring (bicyclic) bond motifs is 1. The molecule has 0 bridgehead atoms. The van der Waals surface area contributed by atoms with Crippen molar-refractivity contribution in [1.82, 2.24) is 0 Å². The first-order valence-corrected chi connectivity index (χ1v) is 8.15. The third-order valence-corrected chi connectivity index (χ3v) is 5.37. The number of aryl methyl sites for hydroxylation is 1. The van der Waals surface area contributed by atoms with Gasteiger partial charge >= 0.3 is 0 Å². The van der Waals surface area contributed by atoms with E-state index in [2.05, 4.69) is 5.32 Å². The van der Waals surface area contributed by atoms with Crippen LogP contribution in [0.5, 0.6) is 0 Å². The van der Waals surface area contributed by atoms with Crippen molar-refractivity contribution in [3.8, 4) is 0 Å². The molecule has 0 saturated heterocycles. The van der Waals surface area contributed by atoms with Crippen molar-refractivity contribution in [2.75, 3.05) is 11.1 Å². The Balaban J connectivity index is 1.84. The molecule has 21 heavy (non-hydrogen) atoms. The van der Waals surface area contributed by atoms with E-state index in [1.54, 1.807) is 12.1 Å². The number of hydrogen-bond acceptors (Lipinski definition) is 3. The van der Waals surface area contributed by atoms with Gasteiger partial charge in [-0.25, -0.2) is 17.2 Å². The lowest BCUT2D eigenvalue weighted by atomic mass is 10.1. The van der Waals surface area contributed by atoms with E-state index < -0.39 is 21.5 Å². The summed E-state index contributed by atoms with van der Waals surface area (Å²) < 4.78 is 50.7. The molecule has 1 aliphatic rings. The first-order valence-electron chi connectivity index (χ1n) is 6.50. The molecule has 0 aliphatic carbocycles. The molecular weight excluding hydrogens is 296 g/mol. The molecule has 1 aliphatic heterocycles. The van der Waals surface area contributed by atoms with Gasteiger partial charge in [0.2, 0.25) is 0 Å². The highest BCUT2D eigenvalue weighted by Crippen LogP contribution is 2.28. The minimum absolute atomic E-state index is 0.0443. The second-order valence-corrected chi connectivity index (χ2v) is 7.02. The maximum Gasteiger partial charge on any atom is 0.179 e. The fourth-order valence-corrected chi connectivity index (χ4v) is 3.99. The van der Waals surface area contributed by atoms with Crippen molar-refractivity contribution < 1.29 is 17.2 Å². The van der Waals surface area contributed by atoms with E-state index in [1.165, 1.54) is 24.3 Å². The van der Waals surface area contributed by atoms with Gasteiger partial charge in [0.25, 0.3) is 0 Å². The van der Waals surface area contributed by atoms with Crippen LogP contribution < -0.4 is 5.32 Å². The van der Waals surface area contributed by atoms with Crippen LogP contribution in [-0.4, -0.2) is 14.2 Å². The molecule has 0 aromatic heterocycles. The van der Waals surface area contributed by atoms with Gasteiger partial charge in [-0.1, -0.05) is 12.1 Å². The second-order valence-electron chi connectivity index (χ2n) is 4.95. The fraction of sp³-hybridized carbons (Fsp3) is 0.200. The molecule has 0 saturated carbocycles. The van der Waals surface area contributed by atoms with Crippen LogP contribution in [0.1, 0.15) is 11.1 Å². The van der Waals surface area contributed by atoms with Crippen LogP contribution in [0.15, 0.2) is 41.3 Å². The van der Waals surface area contributed by atoms with E-state index in [-0.39, 0.29) is 17.9 Å². The molecule has 110 valence electrons. The maximum atomic E-state index is 13.5. The van der Waals surface area contributed by atoms with Gasteiger partial charge in [0, 0.05) is 17.8 Å². The van der Waals surface area contributed by atoms with Crippen LogP contribution in [0, 0.1) is 11.6 Å². The quantitative estimate of drug-likeness (QED) is 0.948. The molecule has 0 radical (unpaired) electrons. The predicted molar refractivity (Wildman–Crippen MR) is 75.9 cm³/mol. The van der Waals surface area contributed by atoms with Crippen molar-refractivity contribution in [3.63, 3.8) is 0 Å². The molecule has 3 nitrogen and oxygen atoms in total. The van der Waals surface area contributed by atoms with Gasteiger partial charge in [0.15, 0.2) is 9.84 Å². The molecule has 0 amide bonds. The first-order chi connectivity index (χ1) is 9.97. The van der Waals surface area contributed by atoms with Gasteiger partial charge in [-0.15, -0.1) is 0 Å². The number of hydrogen-bond donors (Lipinski definition) is 1. The minimum Gasteiger partial charge on any atom is -0.381 e. The number of nitrogens with one attached hydrogen (secondary N) is 1. The van der Waals surface area contributed by atoms with E-state index in [4.69, 9.17) is 0 Å². The molecule has 1 heterocycles. The van der Waals surface area contributed by atoms with Crippen LogP contribution in [-0.2, 0) is 22.8 Å². The maximum absolute atomic E-state index is 13.5. The number of halogens is 2. The Bertz CT molecular complexity index is 783. The summed E-state index contributed by atoms with van der Waals surface area (Å²) in [6, 6.07) is 8.66. The van der Waals surface area contributed by atoms with E-state index in [9.17, 15) is 17.2 Å². The summed E-state index contributed by atoms with van der Waals surface area (Å²) in [4.78, 5) is 0.307. The SMILES string of the molecule is O=S1(=O)CCc2ccc(NCc3c(F)cccc3F)cc21. The van der Waals surface area contributed by atoms with Crippen LogP contribution in [0.3, 0.4) is 0 Å². The van der Waals surface area contributed by atoms with Gasteiger partial charge < -0.3 is 5.32 Å². The number of sulfone groups is 1. The summed E-state index contributed by atoms with van der Waals surface area (Å²) in [6.45, 7) is -0.0443. The lowest BCUT2D eigenvalue weighted by Gasteiger charge is -2.09. The summed E-state index contributed by atoms with van der Waals surface area (Å²) in [7, 11) is -3.22. The predicted octanol–water partition coefficient (Wildman–Crippen LogP) is 2.91. The molecule has 1 N–H and O–H groups in total. The number of rotatable bonds is 3. The van der Waals surface area contributed by atoms with Gasteiger partial charge in [-0.05, 0) is 36.2 Å². The monoisotopic (exact) mass is 309 g/mol. The highest BCUT2D eigenvalue weighted by molar-refractivity contribution is 7.91. The van der Waals surface area contributed by atoms with Crippen molar-refractivity contribution in [2.45, 2.75) is 17.9 Å². The average molecular weight is 309 g/mol. The summed E-state index contributed by atoms with van der Waals surface area (Å²) in [5.74, 6) is -1.14. The highest BCUT2D eigenvalue weighted by atomic mass is 32.2. The van der Waals surface area contributed by atoms with Crippen LogP contribution >= 0.6 is 0 Å². The third-order valence-electron chi connectivity index (χ3n) is 3.57. The van der Waals surface area contributed by atoms with Crippen LogP contribution in [0.2, 0.25) is 0 Å². The second kappa shape index (κ2) is 5.11. The molecule has 3 rings (SSSR count). The van der Waals surface area contributed by atoms with Crippen molar-refractivity contribution >= 4 is 15.5 Å². The van der Waals surface area contributed by atoms with Crippen molar-refractivity contribution in [2.24, 2.45) is 0 Å². The molecule has 0 spiro atoms. The fourth-order valence-electron chi connectivity index (χ4n) is 2.41. The Labute approximate surface area is 121 Å². The largest absolute Gasteiger partial charge is 0.381 e. The lowest BCUT2D eigenvalue weighted by Crippen LogP contribution is -2.05. The summed E-state index contributed by atoms with van der Waals surface area (Å²) in [5.41, 5.74) is 1.25. The standard InChI is InChI=1S/C15H13F2NO2S/c16-13-2-1-3-14(17)12(13)9-18-11-5-4-10-6-7-21(19,20)15(10)8-11/h1-5,8,18H,6-7,9H2. The van der Waals surface area contributed by atoms with Gasteiger partial charge in [-0.2, -0.15) is 0 Å². The molecule has 0 fully saturated rings. The molecule has 0 unspecified atom stereocenters. The normalized spacial score (nSPS) is 15.7. The van der Waals surface area contributed by atoms with Crippen LogP contribution in [0.4, 0.5) is 14.5 Å². The lowest BCUT2D eigenvalue weighted by molar-refractivity contribution is 0.560. The smallest absolute Gasteiger partial charge is 0.179 e. The Morgan fingerprint density at radius 2 is 1.81 bits per heavy atom. The molecule has 2 aromatic carbocycles. The third kappa shape index (κ3) is 2.63. The van der Waals surface area contributed by atoms with Crippen molar-refractivity contribution in [3.05, 3.63) is 59.2 Å². The van der Waals surface area contributed by atoms with E-state index in [1.807, 2.05) is 0 Å². The Kier molecular flexibility index (Phi) is 3.41. The minimum atomic E-state index is -3.22. The van der Waals surface area contributed by atoms with Crippen LogP contribution in [0.25, 0.3) is 0 Å². The van der Waals surface area contributed by atoms with Gasteiger partial charge in [0.1, 0.15) is 11.6 Å². The highest BCUT2D eigenvalue weighted by Gasteiger charge is 2.26. The molecule has 2 aromatic rings. The summed E-state index contributed by atoms with van der Waals surface area (Å²) in [6.07, 6.45) is 0.514. The number of anilines is 1. The Morgan fingerprint density at radius 1 is 1.10 bits per heavy atom. The zero-order valence-electron chi connectivity index (χ0n) is 11.1. The van der Waals surface area contributed by atoms with E-state index in [0.29, 0.717) is 17.0 Å². The molecule has 0 atom stereocenters. The summed E-state index contributed by atoms with van der Waals surface area (Å²) in [5, 5.41) is 2.87. The zero-order chi connectivity index (χ0) is 15.0. The number of benzene rings is 2. The Morgan fingerprint density at radius 3 is 2.52 bits per heavy atom. The Hall–Kier alpha value is -1.95. The topological polar surface area (TPSA) is 46.2 Å². The van der Waals surface area contributed by atoms with E-state index >= 15 is 0 Å². The first kappa shape index (κ1) is 14.0. The average Bonchev–Trinajstić information content (AvgIpc) is 2.74. The van der Waals surface area contributed by atoms with Gasteiger partial charge in [-0.3, -0.25) is 0 Å². The summed E-state index contributed by atoms with van der Waals surface area (Å²) >= 11 is 0. The van der Waals surface area contributed by atoms with Gasteiger partial charge in [0.05, 0.1) is 10.6 Å². The van der Waals surface area contributed by atoms with E-state index in [0.717, 1.165) is 5.56 Å². The molecule has 6 heteroatoms. The zero-order valence-corrected chi connectivity index (χ0v) is 11.9. The molecular formula is C15H13F2NO2S. The van der Waals surface area contributed by atoms with Crippen molar-refractivity contribution in [1.29, 1.82) is 0 Å².